The summed E-state index contributed by atoms with van der Waals surface area (Å²) in [5.74, 6) is -0.852. The number of rotatable bonds is 1. The number of nitrogens with two attached hydrogens (primary N) is 1. The van der Waals surface area contributed by atoms with Crippen molar-refractivity contribution >= 4 is 32.6 Å². The summed E-state index contributed by atoms with van der Waals surface area (Å²) < 4.78 is 13.7. The molecule has 2 aromatic carbocycles. The van der Waals surface area contributed by atoms with E-state index in [1.807, 2.05) is 6.07 Å². The Hall–Kier alpha value is -1.42. The predicted octanol–water partition coefficient (Wildman–Crippen LogP) is 3.15. The third kappa shape index (κ3) is 1.80. The molecule has 0 atom stereocenters. The molecule has 0 bridgehead atoms. The first kappa shape index (κ1) is 11.1. The molecule has 0 unspecified atom stereocenters. The number of hydrogen-bond donors (Lipinski definition) is 1. The lowest BCUT2D eigenvalue weighted by Gasteiger charge is -2.06. The van der Waals surface area contributed by atoms with Gasteiger partial charge in [-0.05, 0) is 57.4 Å². The molecule has 0 fully saturated rings. The molecule has 0 aromatic heterocycles. The highest BCUT2D eigenvalue weighted by Gasteiger charge is 2.08. The summed E-state index contributed by atoms with van der Waals surface area (Å²) in [5, 5.41) is 1.54. The van der Waals surface area contributed by atoms with Crippen molar-refractivity contribution in [1.82, 2.24) is 0 Å². The lowest BCUT2D eigenvalue weighted by molar-refractivity contribution is 0.1000. The molecular weight excluding hydrogens is 273 g/mol. The van der Waals surface area contributed by atoms with Crippen molar-refractivity contribution in [2.24, 2.45) is 5.73 Å². The molecule has 2 N–H and O–H groups in total. The number of carbonyl (C=O) groups is 1. The number of aryl methyl sites for hydroxylation is 1. The van der Waals surface area contributed by atoms with Gasteiger partial charge in [0.1, 0.15) is 5.82 Å². The van der Waals surface area contributed by atoms with Crippen molar-refractivity contribution in [2.75, 3.05) is 0 Å². The van der Waals surface area contributed by atoms with Crippen molar-refractivity contribution < 1.29 is 9.18 Å². The molecule has 0 radical (unpaired) electrons. The fraction of sp³-hybridized carbons (Fsp3) is 0.0833. The number of primary amides is 1. The molecule has 0 aliphatic carbocycles. The van der Waals surface area contributed by atoms with Crippen LogP contribution in [0.3, 0.4) is 0 Å². The first-order valence-corrected chi connectivity index (χ1v) is 5.47. The number of fused-ring (bicyclic) bond motifs is 1. The number of halogens is 2. The molecule has 1 amide bonds. The first-order chi connectivity index (χ1) is 7.49. The Bertz CT molecular complexity index is 595. The number of carbonyl (C=O) groups excluding carboxylic acids is 1. The third-order valence-corrected chi connectivity index (χ3v) is 3.10. The van der Waals surface area contributed by atoms with Gasteiger partial charge < -0.3 is 5.73 Å². The van der Waals surface area contributed by atoms with Crippen LogP contribution in [0.15, 0.2) is 28.7 Å². The van der Waals surface area contributed by atoms with Crippen molar-refractivity contribution in [3.63, 3.8) is 0 Å². The molecule has 0 aliphatic heterocycles. The number of amides is 1. The highest BCUT2D eigenvalue weighted by atomic mass is 79.9. The fourth-order valence-corrected chi connectivity index (χ4v) is 2.03. The summed E-state index contributed by atoms with van der Waals surface area (Å²) in [6.45, 7) is 1.80. The summed E-state index contributed by atoms with van der Waals surface area (Å²) in [4.78, 5) is 11.1. The van der Waals surface area contributed by atoms with E-state index in [4.69, 9.17) is 5.73 Å². The Morgan fingerprint density at radius 3 is 2.50 bits per heavy atom. The largest absolute Gasteiger partial charge is 0.366 e. The van der Waals surface area contributed by atoms with E-state index < -0.39 is 5.91 Å². The maximum absolute atomic E-state index is 13.3. The molecule has 4 heteroatoms. The van der Waals surface area contributed by atoms with Gasteiger partial charge in [0.25, 0.3) is 0 Å². The smallest absolute Gasteiger partial charge is 0.248 e. The van der Waals surface area contributed by atoms with Crippen molar-refractivity contribution in [3.8, 4) is 0 Å². The second kappa shape index (κ2) is 3.87. The van der Waals surface area contributed by atoms with Crippen molar-refractivity contribution in [3.05, 3.63) is 45.7 Å². The van der Waals surface area contributed by atoms with Crippen LogP contribution in [0.1, 0.15) is 15.9 Å². The molecule has 0 saturated carbocycles. The van der Waals surface area contributed by atoms with Gasteiger partial charge in [-0.15, -0.1) is 0 Å². The molecule has 2 nitrogen and oxygen atoms in total. The summed E-state index contributed by atoms with van der Waals surface area (Å²) in [6.07, 6.45) is 0. The molecule has 0 heterocycles. The summed E-state index contributed by atoms with van der Waals surface area (Å²) in [5.41, 5.74) is 6.45. The van der Waals surface area contributed by atoms with Crippen molar-refractivity contribution in [2.45, 2.75) is 6.92 Å². The van der Waals surface area contributed by atoms with Gasteiger partial charge in [-0.3, -0.25) is 4.79 Å². The molecule has 2 aromatic rings. The van der Waals surface area contributed by atoms with Gasteiger partial charge in [-0.2, -0.15) is 0 Å². The van der Waals surface area contributed by atoms with Gasteiger partial charge in [0, 0.05) is 5.56 Å². The van der Waals surface area contributed by atoms with E-state index in [-0.39, 0.29) is 5.82 Å². The van der Waals surface area contributed by atoms with Crippen LogP contribution in [0.2, 0.25) is 0 Å². The minimum atomic E-state index is -0.497. The first-order valence-electron chi connectivity index (χ1n) is 4.68. The maximum atomic E-state index is 13.3. The van der Waals surface area contributed by atoms with E-state index in [0.29, 0.717) is 15.4 Å². The van der Waals surface area contributed by atoms with Gasteiger partial charge in [-0.25, -0.2) is 4.39 Å². The topological polar surface area (TPSA) is 43.1 Å². The lowest BCUT2D eigenvalue weighted by atomic mass is 10.0. The zero-order valence-corrected chi connectivity index (χ0v) is 10.1. The highest BCUT2D eigenvalue weighted by Crippen LogP contribution is 2.25. The molecule has 0 saturated heterocycles. The fourth-order valence-electron chi connectivity index (χ4n) is 1.67. The summed E-state index contributed by atoms with van der Waals surface area (Å²) in [6, 6.07) is 6.50. The van der Waals surface area contributed by atoms with Crippen LogP contribution in [-0.4, -0.2) is 5.91 Å². The monoisotopic (exact) mass is 281 g/mol. The quantitative estimate of drug-likeness (QED) is 0.857. The molecule has 0 aliphatic rings. The normalized spacial score (nSPS) is 10.7. The van der Waals surface area contributed by atoms with Gasteiger partial charge in [-0.1, -0.05) is 6.07 Å². The van der Waals surface area contributed by atoms with Crippen LogP contribution in [0.25, 0.3) is 10.8 Å². The van der Waals surface area contributed by atoms with E-state index >= 15 is 0 Å². The van der Waals surface area contributed by atoms with Gasteiger partial charge in [0.05, 0.1) is 4.47 Å². The molecule has 0 spiro atoms. The number of hydrogen-bond acceptors (Lipinski definition) is 1. The Kier molecular flexibility index (Phi) is 2.68. The molecule has 82 valence electrons. The second-order valence-electron chi connectivity index (χ2n) is 3.64. The van der Waals surface area contributed by atoms with Gasteiger partial charge in [0.15, 0.2) is 0 Å². The molecule has 16 heavy (non-hydrogen) atoms. The zero-order valence-electron chi connectivity index (χ0n) is 8.55. The van der Waals surface area contributed by atoms with E-state index in [1.165, 1.54) is 6.07 Å². The summed E-state index contributed by atoms with van der Waals surface area (Å²) in [7, 11) is 0. The van der Waals surface area contributed by atoms with Crippen LogP contribution in [-0.2, 0) is 0 Å². The van der Waals surface area contributed by atoms with E-state index in [9.17, 15) is 9.18 Å². The van der Waals surface area contributed by atoms with Crippen LogP contribution < -0.4 is 5.73 Å². The van der Waals surface area contributed by atoms with Crippen LogP contribution >= 0.6 is 15.9 Å². The van der Waals surface area contributed by atoms with Gasteiger partial charge >= 0.3 is 0 Å². The Labute approximate surface area is 100 Å². The zero-order chi connectivity index (χ0) is 11.9. The Balaban J connectivity index is 2.79. The van der Waals surface area contributed by atoms with E-state index in [1.54, 1.807) is 19.1 Å². The Morgan fingerprint density at radius 1 is 1.25 bits per heavy atom. The standard InChI is InChI=1S/C12H9BrFNO/c1-6-2-7-4-10(13)11(14)5-8(7)3-9(6)12(15)16/h2-5H,1H3,(H2,15,16). The molecule has 2 rings (SSSR count). The van der Waals surface area contributed by atoms with Gasteiger partial charge in [0.2, 0.25) is 5.91 Å². The highest BCUT2D eigenvalue weighted by molar-refractivity contribution is 9.10. The minimum Gasteiger partial charge on any atom is -0.366 e. The lowest BCUT2D eigenvalue weighted by Crippen LogP contribution is -2.12. The second-order valence-corrected chi connectivity index (χ2v) is 4.50. The molecular formula is C12H9BrFNO. The summed E-state index contributed by atoms with van der Waals surface area (Å²) >= 11 is 3.12. The Morgan fingerprint density at radius 2 is 1.88 bits per heavy atom. The third-order valence-electron chi connectivity index (χ3n) is 2.49. The minimum absolute atomic E-state index is 0.355. The maximum Gasteiger partial charge on any atom is 0.248 e. The van der Waals surface area contributed by atoms with Crippen LogP contribution in [0.5, 0.6) is 0 Å². The predicted molar refractivity (Wildman–Crippen MR) is 64.9 cm³/mol. The van der Waals surface area contributed by atoms with E-state index in [0.717, 1.165) is 10.9 Å². The van der Waals surface area contributed by atoms with Crippen LogP contribution in [0, 0.1) is 12.7 Å². The number of benzene rings is 2. The van der Waals surface area contributed by atoms with Crippen LogP contribution in [0.4, 0.5) is 4.39 Å². The van der Waals surface area contributed by atoms with E-state index in [2.05, 4.69) is 15.9 Å². The average molecular weight is 282 g/mol. The van der Waals surface area contributed by atoms with Crippen molar-refractivity contribution in [1.29, 1.82) is 0 Å². The SMILES string of the molecule is Cc1cc2cc(Br)c(F)cc2cc1C(N)=O. The average Bonchev–Trinajstić information content (AvgIpc) is 2.19.